The maximum absolute atomic E-state index is 5.25. The first kappa shape index (κ1) is 15.5. The molecule has 0 bridgehead atoms. The Morgan fingerprint density at radius 1 is 1.55 bits per heavy atom. The maximum Gasteiger partial charge on any atom is 0.232 e. The quantitative estimate of drug-likeness (QED) is 0.860. The summed E-state index contributed by atoms with van der Waals surface area (Å²) in [4.78, 5) is 11.2. The van der Waals surface area contributed by atoms with E-state index in [1.165, 1.54) is 12.8 Å². The van der Waals surface area contributed by atoms with Crippen LogP contribution in [0.15, 0.2) is 10.7 Å². The van der Waals surface area contributed by atoms with Crippen molar-refractivity contribution in [2.75, 3.05) is 31.6 Å². The van der Waals surface area contributed by atoms with E-state index in [4.69, 9.17) is 4.74 Å². The summed E-state index contributed by atoms with van der Waals surface area (Å²) in [5.74, 6) is 2.03. The third-order valence-electron chi connectivity index (χ3n) is 3.46. The van der Waals surface area contributed by atoms with E-state index in [-0.39, 0.29) is 0 Å². The fraction of sp³-hybridized carbons (Fsp3) is 0.714. The molecule has 1 aliphatic rings. The van der Waals surface area contributed by atoms with Crippen LogP contribution in [0, 0.1) is 5.92 Å². The molecule has 5 nitrogen and oxygen atoms in total. The summed E-state index contributed by atoms with van der Waals surface area (Å²) >= 11 is 3.39. The van der Waals surface area contributed by atoms with E-state index in [2.05, 4.69) is 50.0 Å². The second-order valence-corrected chi connectivity index (χ2v) is 6.42. The maximum atomic E-state index is 5.25. The van der Waals surface area contributed by atoms with Gasteiger partial charge in [-0.15, -0.1) is 0 Å². The Kier molecular flexibility index (Phi) is 5.60. The number of hydrogen-bond acceptors (Lipinski definition) is 5. The van der Waals surface area contributed by atoms with Crippen molar-refractivity contribution in [2.45, 2.75) is 32.7 Å². The van der Waals surface area contributed by atoms with E-state index >= 15 is 0 Å². The zero-order valence-corrected chi connectivity index (χ0v) is 14.0. The number of anilines is 1. The molecule has 0 amide bonds. The minimum atomic E-state index is 0.472. The summed E-state index contributed by atoms with van der Waals surface area (Å²) in [5.41, 5.74) is 0. The largest absolute Gasteiger partial charge is 0.480 e. The van der Waals surface area contributed by atoms with Crippen LogP contribution in [0.5, 0.6) is 5.88 Å². The van der Waals surface area contributed by atoms with Crippen molar-refractivity contribution in [3.63, 3.8) is 0 Å². The van der Waals surface area contributed by atoms with Crippen LogP contribution in [-0.2, 0) is 0 Å². The molecule has 6 heteroatoms. The molecule has 2 heterocycles. The van der Waals surface area contributed by atoms with Crippen molar-refractivity contribution in [1.82, 2.24) is 15.3 Å². The topological polar surface area (TPSA) is 50.3 Å². The van der Waals surface area contributed by atoms with E-state index in [9.17, 15) is 0 Å². The molecule has 0 saturated carbocycles. The lowest BCUT2D eigenvalue weighted by atomic mass is 10.2. The lowest BCUT2D eigenvalue weighted by Crippen LogP contribution is -2.39. The summed E-state index contributed by atoms with van der Waals surface area (Å²) in [6, 6.07) is 0.472. The fourth-order valence-electron chi connectivity index (χ4n) is 2.47. The Balaban J connectivity index is 2.02. The minimum Gasteiger partial charge on any atom is -0.480 e. The average molecular weight is 343 g/mol. The van der Waals surface area contributed by atoms with Gasteiger partial charge in [-0.25, -0.2) is 4.98 Å². The van der Waals surface area contributed by atoms with Crippen molar-refractivity contribution in [3.8, 4) is 5.88 Å². The van der Waals surface area contributed by atoms with Gasteiger partial charge in [0.25, 0.3) is 0 Å². The molecule has 0 radical (unpaired) electrons. The van der Waals surface area contributed by atoms with Gasteiger partial charge in [0.2, 0.25) is 11.8 Å². The predicted molar refractivity (Wildman–Crippen MR) is 84.4 cm³/mol. The van der Waals surface area contributed by atoms with Gasteiger partial charge in [-0.3, -0.25) is 0 Å². The van der Waals surface area contributed by atoms with Gasteiger partial charge in [-0.2, -0.15) is 4.98 Å². The van der Waals surface area contributed by atoms with E-state index < -0.39 is 0 Å². The molecule has 0 aliphatic carbocycles. The third kappa shape index (κ3) is 3.82. The molecular weight excluding hydrogens is 320 g/mol. The van der Waals surface area contributed by atoms with E-state index in [0.717, 1.165) is 30.1 Å². The number of nitrogens with one attached hydrogen (secondary N) is 1. The summed E-state index contributed by atoms with van der Waals surface area (Å²) in [7, 11) is 1.63. The molecule has 1 aromatic heterocycles. The number of hydrogen-bond donors (Lipinski definition) is 1. The summed E-state index contributed by atoms with van der Waals surface area (Å²) in [5, 5.41) is 3.53. The Labute approximate surface area is 129 Å². The van der Waals surface area contributed by atoms with E-state index in [0.29, 0.717) is 17.8 Å². The van der Waals surface area contributed by atoms with Crippen molar-refractivity contribution in [3.05, 3.63) is 10.7 Å². The van der Waals surface area contributed by atoms with Gasteiger partial charge in [0.1, 0.15) is 0 Å². The average Bonchev–Trinajstić information content (AvgIpc) is 2.87. The first-order valence-electron chi connectivity index (χ1n) is 7.15. The molecular formula is C14H23BrN4O. The summed E-state index contributed by atoms with van der Waals surface area (Å²) in [6.07, 6.45) is 4.14. The predicted octanol–water partition coefficient (Wildman–Crippen LogP) is 2.46. The standard InChI is InChI=1S/C14H23BrN4O/c1-10(2)7-16-8-11-5-4-6-19(11)14-17-9-12(15)13(18-14)20-3/h9-11,16H,4-8H2,1-3H3. The second-order valence-electron chi connectivity index (χ2n) is 5.57. The van der Waals surface area contributed by atoms with Gasteiger partial charge in [0.05, 0.1) is 17.8 Å². The van der Waals surface area contributed by atoms with Crippen molar-refractivity contribution >= 4 is 21.9 Å². The molecule has 112 valence electrons. The molecule has 1 aromatic rings. The minimum absolute atomic E-state index is 0.472. The van der Waals surface area contributed by atoms with Crippen LogP contribution in [0.25, 0.3) is 0 Å². The third-order valence-corrected chi connectivity index (χ3v) is 4.00. The molecule has 1 N–H and O–H groups in total. The lowest BCUT2D eigenvalue weighted by molar-refractivity contribution is 0.393. The molecule has 0 aromatic carbocycles. The van der Waals surface area contributed by atoms with Crippen LogP contribution in [0.1, 0.15) is 26.7 Å². The van der Waals surface area contributed by atoms with Crippen molar-refractivity contribution in [1.29, 1.82) is 0 Å². The number of methoxy groups -OCH3 is 1. The summed E-state index contributed by atoms with van der Waals surface area (Å²) < 4.78 is 6.04. The molecule has 1 aliphatic heterocycles. The highest BCUT2D eigenvalue weighted by atomic mass is 79.9. The van der Waals surface area contributed by atoms with Gasteiger partial charge < -0.3 is 15.0 Å². The van der Waals surface area contributed by atoms with E-state index in [1.54, 1.807) is 13.3 Å². The smallest absolute Gasteiger partial charge is 0.232 e. The van der Waals surface area contributed by atoms with E-state index in [1.807, 2.05) is 0 Å². The van der Waals surface area contributed by atoms with Gasteiger partial charge in [0, 0.05) is 19.1 Å². The molecule has 20 heavy (non-hydrogen) atoms. The first-order chi connectivity index (χ1) is 9.61. The first-order valence-corrected chi connectivity index (χ1v) is 7.95. The molecule has 1 fully saturated rings. The van der Waals surface area contributed by atoms with Gasteiger partial charge in [0.15, 0.2) is 0 Å². The zero-order chi connectivity index (χ0) is 14.5. The number of aromatic nitrogens is 2. The van der Waals surface area contributed by atoms with Crippen LogP contribution in [0.3, 0.4) is 0 Å². The Morgan fingerprint density at radius 2 is 2.35 bits per heavy atom. The highest BCUT2D eigenvalue weighted by Crippen LogP contribution is 2.27. The Bertz CT molecular complexity index is 441. The molecule has 1 unspecified atom stereocenters. The zero-order valence-electron chi connectivity index (χ0n) is 12.4. The SMILES string of the molecule is COc1nc(N2CCCC2CNCC(C)C)ncc1Br. The molecule has 1 saturated heterocycles. The van der Waals surface area contributed by atoms with Crippen LogP contribution in [0.2, 0.25) is 0 Å². The van der Waals surface area contributed by atoms with Crippen LogP contribution >= 0.6 is 15.9 Å². The van der Waals surface area contributed by atoms with Crippen LogP contribution < -0.4 is 15.0 Å². The Morgan fingerprint density at radius 3 is 3.05 bits per heavy atom. The monoisotopic (exact) mass is 342 g/mol. The lowest BCUT2D eigenvalue weighted by Gasteiger charge is -2.25. The van der Waals surface area contributed by atoms with Gasteiger partial charge in [-0.05, 0) is 41.2 Å². The number of rotatable bonds is 6. The highest BCUT2D eigenvalue weighted by molar-refractivity contribution is 9.10. The normalized spacial score (nSPS) is 18.9. The van der Waals surface area contributed by atoms with Crippen molar-refractivity contribution < 1.29 is 4.74 Å². The molecule has 1 atom stereocenters. The fourth-order valence-corrected chi connectivity index (χ4v) is 2.83. The second kappa shape index (κ2) is 7.22. The van der Waals surface area contributed by atoms with Gasteiger partial charge in [-0.1, -0.05) is 13.8 Å². The summed E-state index contributed by atoms with van der Waals surface area (Å²) in [6.45, 7) is 7.50. The highest BCUT2D eigenvalue weighted by Gasteiger charge is 2.26. The Hall–Kier alpha value is -0.880. The number of nitrogens with zero attached hydrogens (tertiary/aromatic N) is 3. The van der Waals surface area contributed by atoms with Crippen LogP contribution in [-0.4, -0.2) is 42.8 Å². The molecule has 0 spiro atoms. The van der Waals surface area contributed by atoms with Crippen LogP contribution in [0.4, 0.5) is 5.95 Å². The van der Waals surface area contributed by atoms with Crippen molar-refractivity contribution in [2.24, 2.45) is 5.92 Å². The molecule has 2 rings (SSSR count). The number of ether oxygens (including phenoxy) is 1. The van der Waals surface area contributed by atoms with Gasteiger partial charge >= 0.3 is 0 Å². The number of halogens is 1.